The van der Waals surface area contributed by atoms with Gasteiger partial charge < -0.3 is 0 Å². The zero-order valence-corrected chi connectivity index (χ0v) is 18.5. The third-order valence-electron chi connectivity index (χ3n) is 6.04. The Bertz CT molecular complexity index is 1490. The number of para-hydroxylation sites is 4. The van der Waals surface area contributed by atoms with Gasteiger partial charge in [-0.1, -0.05) is 60.7 Å². The van der Waals surface area contributed by atoms with E-state index in [0.29, 0.717) is 11.4 Å². The molecule has 6 rings (SSSR count). The van der Waals surface area contributed by atoms with Gasteiger partial charge in [0.25, 0.3) is 0 Å². The van der Waals surface area contributed by atoms with Crippen molar-refractivity contribution in [2.24, 2.45) is 0 Å². The average molecular weight is 453 g/mol. The SMILES string of the molecule is O=S1(=O)N(Cc2cccc3cccnc23)c2ccccc2N1Cc1cccc2cccnc12. The van der Waals surface area contributed by atoms with E-state index in [1.54, 1.807) is 12.4 Å². The van der Waals surface area contributed by atoms with Crippen LogP contribution >= 0.6 is 0 Å². The molecule has 0 radical (unpaired) electrons. The van der Waals surface area contributed by atoms with Gasteiger partial charge in [-0.05, 0) is 35.4 Å². The van der Waals surface area contributed by atoms with Crippen molar-refractivity contribution in [2.75, 3.05) is 8.61 Å². The first-order valence-corrected chi connectivity index (χ1v) is 12.1. The summed E-state index contributed by atoms with van der Waals surface area (Å²) >= 11 is 0. The zero-order chi connectivity index (χ0) is 22.4. The van der Waals surface area contributed by atoms with Gasteiger partial charge in [0.1, 0.15) is 0 Å². The predicted molar refractivity (Wildman–Crippen MR) is 131 cm³/mol. The number of fused-ring (bicyclic) bond motifs is 3. The third-order valence-corrected chi connectivity index (χ3v) is 7.80. The van der Waals surface area contributed by atoms with Crippen LogP contribution in [0.4, 0.5) is 11.4 Å². The molecule has 0 spiro atoms. The Morgan fingerprint density at radius 3 is 1.52 bits per heavy atom. The Labute approximate surface area is 191 Å². The summed E-state index contributed by atoms with van der Waals surface area (Å²) in [6.45, 7) is 0.413. The van der Waals surface area contributed by atoms with Crippen LogP contribution in [0.1, 0.15) is 11.1 Å². The summed E-state index contributed by atoms with van der Waals surface area (Å²) in [5, 5.41) is 1.97. The van der Waals surface area contributed by atoms with Crippen LogP contribution < -0.4 is 8.61 Å². The fourth-order valence-corrected chi connectivity index (χ4v) is 6.13. The molecule has 1 aliphatic heterocycles. The predicted octanol–water partition coefficient (Wildman–Crippen LogP) is 5.05. The summed E-state index contributed by atoms with van der Waals surface area (Å²) in [6, 6.07) is 26.9. The molecule has 3 heterocycles. The maximum absolute atomic E-state index is 13.8. The molecule has 1 aliphatic rings. The highest BCUT2D eigenvalue weighted by Gasteiger charge is 2.40. The fraction of sp³-hybridized carbons (Fsp3) is 0.0769. The Balaban J connectivity index is 1.44. The molecular formula is C26H20N4O2S. The molecule has 0 unspecified atom stereocenters. The van der Waals surface area contributed by atoms with E-state index in [1.807, 2.05) is 84.9 Å². The molecule has 0 atom stereocenters. The Morgan fingerprint density at radius 2 is 1.03 bits per heavy atom. The van der Waals surface area contributed by atoms with E-state index in [-0.39, 0.29) is 13.1 Å². The molecule has 0 aliphatic carbocycles. The van der Waals surface area contributed by atoms with Crippen molar-refractivity contribution in [1.29, 1.82) is 0 Å². The van der Waals surface area contributed by atoms with Crippen molar-refractivity contribution in [3.8, 4) is 0 Å². The molecule has 7 heteroatoms. The zero-order valence-electron chi connectivity index (χ0n) is 17.7. The van der Waals surface area contributed by atoms with Gasteiger partial charge in [-0.2, -0.15) is 8.42 Å². The van der Waals surface area contributed by atoms with Crippen molar-refractivity contribution in [3.63, 3.8) is 0 Å². The number of anilines is 2. The molecule has 3 aromatic carbocycles. The highest BCUT2D eigenvalue weighted by Crippen LogP contribution is 2.43. The summed E-state index contributed by atoms with van der Waals surface area (Å²) < 4.78 is 30.6. The van der Waals surface area contributed by atoms with Crippen LogP contribution in [-0.2, 0) is 23.3 Å². The number of nitrogens with zero attached hydrogens (tertiary/aromatic N) is 4. The van der Waals surface area contributed by atoms with Crippen molar-refractivity contribution in [3.05, 3.63) is 108 Å². The minimum absolute atomic E-state index is 0.206. The highest BCUT2D eigenvalue weighted by atomic mass is 32.2. The van der Waals surface area contributed by atoms with Crippen molar-refractivity contribution < 1.29 is 8.42 Å². The average Bonchev–Trinajstić information content (AvgIpc) is 3.06. The van der Waals surface area contributed by atoms with E-state index in [4.69, 9.17) is 0 Å². The van der Waals surface area contributed by atoms with Gasteiger partial charge in [-0.25, -0.2) is 8.61 Å². The first-order valence-electron chi connectivity index (χ1n) is 10.7. The first kappa shape index (κ1) is 19.7. The van der Waals surface area contributed by atoms with E-state index in [9.17, 15) is 8.42 Å². The lowest BCUT2D eigenvalue weighted by Crippen LogP contribution is -2.37. The van der Waals surface area contributed by atoms with Crippen molar-refractivity contribution >= 4 is 43.4 Å². The van der Waals surface area contributed by atoms with Crippen LogP contribution in [0.5, 0.6) is 0 Å². The van der Waals surface area contributed by atoms with Crippen LogP contribution in [-0.4, -0.2) is 18.4 Å². The number of hydrogen-bond acceptors (Lipinski definition) is 4. The van der Waals surface area contributed by atoms with Gasteiger partial charge in [0, 0.05) is 23.2 Å². The molecule has 0 bridgehead atoms. The molecule has 0 N–H and O–H groups in total. The molecule has 0 saturated heterocycles. The summed E-state index contributed by atoms with van der Waals surface area (Å²) in [5.74, 6) is 0. The lowest BCUT2D eigenvalue weighted by molar-refractivity contribution is 0.588. The molecule has 0 amide bonds. The maximum atomic E-state index is 13.8. The molecule has 162 valence electrons. The third kappa shape index (κ3) is 3.20. The number of pyridine rings is 2. The second-order valence-electron chi connectivity index (χ2n) is 7.99. The van der Waals surface area contributed by atoms with E-state index in [2.05, 4.69) is 9.97 Å². The molecule has 6 nitrogen and oxygen atoms in total. The smallest absolute Gasteiger partial charge is 0.256 e. The van der Waals surface area contributed by atoms with Crippen LogP contribution in [0.2, 0.25) is 0 Å². The summed E-state index contributed by atoms with van der Waals surface area (Å²) in [7, 11) is -3.81. The van der Waals surface area contributed by atoms with Gasteiger partial charge in [-0.15, -0.1) is 0 Å². The molecule has 0 fully saturated rings. The summed E-state index contributed by atoms with van der Waals surface area (Å²) in [5.41, 5.74) is 4.67. The summed E-state index contributed by atoms with van der Waals surface area (Å²) in [6.07, 6.45) is 3.47. The van der Waals surface area contributed by atoms with Crippen LogP contribution in [0.15, 0.2) is 97.3 Å². The second kappa shape index (κ2) is 7.56. The van der Waals surface area contributed by atoms with E-state index < -0.39 is 10.2 Å². The van der Waals surface area contributed by atoms with E-state index in [1.165, 1.54) is 8.61 Å². The monoisotopic (exact) mass is 452 g/mol. The van der Waals surface area contributed by atoms with Crippen LogP contribution in [0.25, 0.3) is 21.8 Å². The largest absolute Gasteiger partial charge is 0.327 e. The lowest BCUT2D eigenvalue weighted by atomic mass is 10.1. The quantitative estimate of drug-likeness (QED) is 0.383. The molecule has 0 saturated carbocycles. The molecule has 5 aromatic rings. The second-order valence-corrected chi connectivity index (χ2v) is 9.77. The Morgan fingerprint density at radius 1 is 0.576 bits per heavy atom. The molecule has 33 heavy (non-hydrogen) atoms. The van der Waals surface area contributed by atoms with Gasteiger partial charge in [0.05, 0.1) is 35.5 Å². The maximum Gasteiger partial charge on any atom is 0.327 e. The summed E-state index contributed by atoms with van der Waals surface area (Å²) in [4.78, 5) is 9.01. The molecule has 2 aromatic heterocycles. The van der Waals surface area contributed by atoms with Gasteiger partial charge in [0.2, 0.25) is 0 Å². The fourth-order valence-electron chi connectivity index (χ4n) is 4.49. The van der Waals surface area contributed by atoms with E-state index in [0.717, 1.165) is 32.9 Å². The topological polar surface area (TPSA) is 66.4 Å². The van der Waals surface area contributed by atoms with E-state index >= 15 is 0 Å². The number of benzene rings is 3. The highest BCUT2D eigenvalue weighted by molar-refractivity contribution is 7.94. The normalized spacial score (nSPS) is 14.7. The Kier molecular flexibility index (Phi) is 4.52. The van der Waals surface area contributed by atoms with Gasteiger partial charge in [0.15, 0.2) is 0 Å². The minimum atomic E-state index is -3.81. The Hall–Kier alpha value is -3.97. The standard InChI is InChI=1S/C26H20N4O2S/c31-33(32)29(17-21-9-3-7-19-11-5-15-27-25(19)21)23-13-1-2-14-24(23)30(33)18-22-10-4-8-20-12-6-16-28-26(20)22/h1-16H,17-18H2. The lowest BCUT2D eigenvalue weighted by Gasteiger charge is -2.22. The number of rotatable bonds is 4. The van der Waals surface area contributed by atoms with Gasteiger partial charge >= 0.3 is 10.2 Å². The van der Waals surface area contributed by atoms with Crippen LogP contribution in [0.3, 0.4) is 0 Å². The minimum Gasteiger partial charge on any atom is -0.256 e. The number of hydrogen-bond donors (Lipinski definition) is 0. The number of aromatic nitrogens is 2. The van der Waals surface area contributed by atoms with Crippen LogP contribution in [0, 0.1) is 0 Å². The molecular weight excluding hydrogens is 432 g/mol. The van der Waals surface area contributed by atoms with Crippen molar-refractivity contribution in [1.82, 2.24) is 9.97 Å². The van der Waals surface area contributed by atoms with Crippen molar-refractivity contribution in [2.45, 2.75) is 13.1 Å². The van der Waals surface area contributed by atoms with Gasteiger partial charge in [-0.3, -0.25) is 9.97 Å². The first-order chi connectivity index (χ1) is 16.1.